The zero-order chi connectivity index (χ0) is 23.7. The van der Waals surface area contributed by atoms with E-state index in [9.17, 15) is 9.65 Å². The first kappa shape index (κ1) is 23.4. The Morgan fingerprint density at radius 1 is 1.06 bits per heavy atom. The largest absolute Gasteiger partial charge is 0.368 e. The maximum Gasteiger partial charge on any atom is 0.141 e. The predicted octanol–water partition coefficient (Wildman–Crippen LogP) is 8.45. The second-order valence-corrected chi connectivity index (χ2v) is 9.89. The monoisotopic (exact) mass is 534 g/mol. The molecule has 0 fully saturated rings. The molecule has 33 heavy (non-hydrogen) atoms. The van der Waals surface area contributed by atoms with Crippen LogP contribution >= 0.6 is 57.7 Å². The molecule has 0 aliphatic rings. The van der Waals surface area contributed by atoms with Gasteiger partial charge in [0.15, 0.2) is 0 Å². The van der Waals surface area contributed by atoms with Crippen LogP contribution in [0.15, 0.2) is 42.6 Å². The van der Waals surface area contributed by atoms with Gasteiger partial charge in [0, 0.05) is 28.5 Å². The standard InChI is InChI=1S/C23H11Cl4FN4S/c1-2-19(14-8-20(26)33-23(14)27)31-13-5-15-21(32-12-3-4-18(28)16(24)6-12)11(9-29)10-30-22(15)17(25)7-13/h1,3-8,10,19,31H,(H,30,32). The van der Waals surface area contributed by atoms with E-state index in [0.29, 0.717) is 47.2 Å². The Labute approximate surface area is 212 Å². The summed E-state index contributed by atoms with van der Waals surface area (Å²) in [5.41, 5.74) is 2.88. The van der Waals surface area contributed by atoms with Crippen molar-refractivity contribution < 1.29 is 4.39 Å². The number of benzene rings is 2. The molecule has 0 spiro atoms. The summed E-state index contributed by atoms with van der Waals surface area (Å²) in [6, 6.07) is 10.8. The molecular formula is C23H11Cl4FN4S. The van der Waals surface area contributed by atoms with Gasteiger partial charge in [-0.3, -0.25) is 4.98 Å². The Morgan fingerprint density at radius 3 is 2.45 bits per heavy atom. The fourth-order valence-corrected chi connectivity index (χ4v) is 5.19. The minimum Gasteiger partial charge on any atom is -0.368 e. The van der Waals surface area contributed by atoms with Gasteiger partial charge in [-0.15, -0.1) is 17.8 Å². The van der Waals surface area contributed by atoms with Crippen molar-refractivity contribution in [1.29, 1.82) is 5.26 Å². The van der Waals surface area contributed by atoms with Gasteiger partial charge >= 0.3 is 0 Å². The van der Waals surface area contributed by atoms with Gasteiger partial charge in [-0.1, -0.05) is 52.3 Å². The van der Waals surface area contributed by atoms with Crippen molar-refractivity contribution in [1.82, 2.24) is 4.98 Å². The minimum absolute atomic E-state index is 0.0552. The molecule has 1 atom stereocenters. The van der Waals surface area contributed by atoms with Crippen LogP contribution in [-0.4, -0.2) is 4.98 Å². The third-order valence-electron chi connectivity index (χ3n) is 4.71. The fourth-order valence-electron chi connectivity index (χ4n) is 3.21. The number of fused-ring (bicyclic) bond motifs is 1. The van der Waals surface area contributed by atoms with E-state index in [0.717, 1.165) is 0 Å². The molecule has 4 nitrogen and oxygen atoms in total. The molecule has 2 heterocycles. The zero-order valence-electron chi connectivity index (χ0n) is 16.4. The van der Waals surface area contributed by atoms with E-state index in [2.05, 4.69) is 27.6 Å². The Bertz CT molecular complexity index is 1470. The van der Waals surface area contributed by atoms with Crippen LogP contribution in [0, 0.1) is 29.5 Å². The number of rotatable bonds is 5. The minimum atomic E-state index is -0.575. The van der Waals surface area contributed by atoms with Gasteiger partial charge in [-0.25, -0.2) is 4.39 Å². The molecule has 0 aliphatic carbocycles. The number of aromatic nitrogens is 1. The summed E-state index contributed by atoms with van der Waals surface area (Å²) in [7, 11) is 0. The third kappa shape index (κ3) is 4.82. The Kier molecular flexibility index (Phi) is 6.86. The molecule has 2 aromatic carbocycles. The van der Waals surface area contributed by atoms with Crippen LogP contribution in [-0.2, 0) is 0 Å². The van der Waals surface area contributed by atoms with Gasteiger partial charge in [0.2, 0.25) is 0 Å². The van der Waals surface area contributed by atoms with Crippen molar-refractivity contribution in [3.63, 3.8) is 0 Å². The lowest BCUT2D eigenvalue weighted by molar-refractivity contribution is 0.628. The summed E-state index contributed by atoms with van der Waals surface area (Å²) in [6.45, 7) is 0. The number of nitrogens with one attached hydrogen (secondary N) is 2. The van der Waals surface area contributed by atoms with E-state index in [1.165, 1.54) is 35.7 Å². The molecule has 1 unspecified atom stereocenters. The first-order chi connectivity index (χ1) is 15.8. The molecule has 0 aliphatic heterocycles. The second kappa shape index (κ2) is 9.65. The molecule has 0 bridgehead atoms. The fraction of sp³-hybridized carbons (Fsp3) is 0.0435. The summed E-state index contributed by atoms with van der Waals surface area (Å²) in [6.07, 6.45) is 7.14. The molecule has 2 N–H and O–H groups in total. The van der Waals surface area contributed by atoms with Crippen LogP contribution in [0.1, 0.15) is 17.2 Å². The van der Waals surface area contributed by atoms with E-state index in [1.807, 2.05) is 0 Å². The van der Waals surface area contributed by atoms with Crippen LogP contribution in [0.5, 0.6) is 0 Å². The van der Waals surface area contributed by atoms with Crippen molar-refractivity contribution in [3.05, 3.63) is 78.3 Å². The van der Waals surface area contributed by atoms with Crippen molar-refractivity contribution in [2.24, 2.45) is 0 Å². The van der Waals surface area contributed by atoms with Gasteiger partial charge in [-0.05, 0) is 36.4 Å². The third-order valence-corrected chi connectivity index (χ3v) is 6.80. The van der Waals surface area contributed by atoms with E-state index < -0.39 is 11.9 Å². The first-order valence-electron chi connectivity index (χ1n) is 9.22. The van der Waals surface area contributed by atoms with E-state index in [1.54, 1.807) is 18.2 Å². The molecule has 0 radical (unpaired) electrons. The van der Waals surface area contributed by atoms with Gasteiger partial charge < -0.3 is 10.6 Å². The number of nitrogens with zero attached hydrogens (tertiary/aromatic N) is 2. The van der Waals surface area contributed by atoms with Crippen LogP contribution in [0.2, 0.25) is 18.7 Å². The number of hydrogen-bond donors (Lipinski definition) is 2. The van der Waals surface area contributed by atoms with Crippen LogP contribution in [0.3, 0.4) is 0 Å². The van der Waals surface area contributed by atoms with Crippen molar-refractivity contribution in [2.75, 3.05) is 10.6 Å². The Morgan fingerprint density at radius 2 is 1.82 bits per heavy atom. The predicted molar refractivity (Wildman–Crippen MR) is 136 cm³/mol. The summed E-state index contributed by atoms with van der Waals surface area (Å²) in [4.78, 5) is 4.32. The highest BCUT2D eigenvalue weighted by atomic mass is 35.5. The average molecular weight is 536 g/mol. The number of anilines is 3. The van der Waals surface area contributed by atoms with Crippen molar-refractivity contribution in [2.45, 2.75) is 6.04 Å². The SMILES string of the molecule is C#CC(Nc1cc(Cl)c2ncc(C#N)c(Nc3ccc(F)c(Cl)c3)c2c1)c1cc(Cl)sc1Cl. The lowest BCUT2D eigenvalue weighted by atomic mass is 10.1. The molecule has 4 rings (SSSR count). The Hall–Kier alpha value is -2.71. The average Bonchev–Trinajstić information content (AvgIpc) is 3.12. The number of pyridine rings is 1. The molecular weight excluding hydrogens is 525 g/mol. The van der Waals surface area contributed by atoms with Crippen molar-refractivity contribution in [3.8, 4) is 18.4 Å². The molecule has 164 valence electrons. The Balaban J connectivity index is 1.81. The lowest BCUT2D eigenvalue weighted by Crippen LogP contribution is -2.08. The smallest absolute Gasteiger partial charge is 0.141 e. The molecule has 10 heteroatoms. The number of hydrogen-bond acceptors (Lipinski definition) is 5. The van der Waals surface area contributed by atoms with Crippen LogP contribution in [0.25, 0.3) is 10.9 Å². The highest BCUT2D eigenvalue weighted by Crippen LogP contribution is 2.39. The number of terminal acetylenes is 1. The normalized spacial score (nSPS) is 11.6. The van der Waals surface area contributed by atoms with Gasteiger partial charge in [0.25, 0.3) is 0 Å². The summed E-state index contributed by atoms with van der Waals surface area (Å²) in [5.74, 6) is 2.10. The molecule has 2 aromatic heterocycles. The van der Waals surface area contributed by atoms with Gasteiger partial charge in [-0.2, -0.15) is 5.26 Å². The maximum absolute atomic E-state index is 13.6. The molecule has 4 aromatic rings. The molecule has 0 saturated carbocycles. The topological polar surface area (TPSA) is 60.7 Å². The van der Waals surface area contributed by atoms with E-state index in [4.69, 9.17) is 52.8 Å². The van der Waals surface area contributed by atoms with E-state index >= 15 is 0 Å². The number of thiophene rings is 1. The van der Waals surface area contributed by atoms with Crippen molar-refractivity contribution >= 4 is 85.7 Å². The quantitative estimate of drug-likeness (QED) is 0.252. The van der Waals surface area contributed by atoms with Gasteiger partial charge in [0.05, 0.1) is 31.1 Å². The first-order valence-corrected chi connectivity index (χ1v) is 11.6. The second-order valence-electron chi connectivity index (χ2n) is 6.79. The summed E-state index contributed by atoms with van der Waals surface area (Å²) < 4.78 is 14.6. The number of nitriles is 1. The lowest BCUT2D eigenvalue weighted by Gasteiger charge is -2.17. The number of halogens is 5. The van der Waals surface area contributed by atoms with Crippen LogP contribution < -0.4 is 10.6 Å². The van der Waals surface area contributed by atoms with E-state index in [-0.39, 0.29) is 10.6 Å². The zero-order valence-corrected chi connectivity index (χ0v) is 20.2. The summed E-state index contributed by atoms with van der Waals surface area (Å²) in [5, 5.41) is 16.8. The maximum atomic E-state index is 13.6. The van der Waals surface area contributed by atoms with Crippen LogP contribution in [0.4, 0.5) is 21.5 Å². The highest BCUT2D eigenvalue weighted by Gasteiger charge is 2.18. The summed E-state index contributed by atoms with van der Waals surface area (Å²) >= 11 is 26.0. The van der Waals surface area contributed by atoms with Gasteiger partial charge in [0.1, 0.15) is 22.3 Å². The molecule has 0 amide bonds. The highest BCUT2D eigenvalue weighted by molar-refractivity contribution is 7.20. The molecule has 0 saturated heterocycles.